The lowest BCUT2D eigenvalue weighted by molar-refractivity contribution is 0.102. The fourth-order valence-corrected chi connectivity index (χ4v) is 2.84. The van der Waals surface area contributed by atoms with Crippen molar-refractivity contribution >= 4 is 28.9 Å². The fraction of sp³-hybridized carbons (Fsp3) is 0.136. The van der Waals surface area contributed by atoms with Crippen molar-refractivity contribution in [1.82, 2.24) is 0 Å². The van der Waals surface area contributed by atoms with Gasteiger partial charge in [-0.2, -0.15) is 0 Å². The van der Waals surface area contributed by atoms with Crippen molar-refractivity contribution in [1.29, 1.82) is 0 Å². The van der Waals surface area contributed by atoms with Crippen molar-refractivity contribution in [2.24, 2.45) is 0 Å². The Morgan fingerprint density at radius 3 is 2.57 bits per heavy atom. The molecule has 0 spiro atoms. The first kappa shape index (κ1) is 19.7. The van der Waals surface area contributed by atoms with Crippen LogP contribution in [0.1, 0.15) is 21.5 Å². The van der Waals surface area contributed by atoms with Gasteiger partial charge in [-0.05, 0) is 35.9 Å². The number of nitrogens with one attached hydrogen (secondary N) is 1. The molecule has 0 heterocycles. The van der Waals surface area contributed by atoms with Crippen molar-refractivity contribution in [3.8, 4) is 5.75 Å². The second-order valence-electron chi connectivity index (χ2n) is 6.22. The van der Waals surface area contributed by atoms with Crippen LogP contribution in [0.2, 0.25) is 5.02 Å². The third-order valence-electron chi connectivity index (χ3n) is 4.13. The molecule has 0 saturated carbocycles. The number of hydrogen-bond donors (Lipinski definition) is 2. The van der Waals surface area contributed by atoms with E-state index in [-0.39, 0.29) is 5.91 Å². The highest BCUT2D eigenvalue weighted by molar-refractivity contribution is 6.30. The van der Waals surface area contributed by atoms with Crippen molar-refractivity contribution in [2.75, 3.05) is 18.2 Å². The van der Waals surface area contributed by atoms with E-state index in [4.69, 9.17) is 26.8 Å². The Kier molecular flexibility index (Phi) is 6.53. The van der Waals surface area contributed by atoms with Crippen molar-refractivity contribution < 1.29 is 14.3 Å². The van der Waals surface area contributed by atoms with Gasteiger partial charge in [-0.3, -0.25) is 4.79 Å². The first-order valence-electron chi connectivity index (χ1n) is 8.72. The summed E-state index contributed by atoms with van der Waals surface area (Å²) in [5, 5.41) is 3.40. The minimum atomic E-state index is -0.274. The second kappa shape index (κ2) is 9.26. The van der Waals surface area contributed by atoms with Crippen LogP contribution in [0.5, 0.6) is 5.75 Å². The van der Waals surface area contributed by atoms with E-state index in [2.05, 4.69) is 5.32 Å². The van der Waals surface area contributed by atoms with Gasteiger partial charge >= 0.3 is 0 Å². The fourth-order valence-electron chi connectivity index (χ4n) is 2.68. The number of amides is 1. The van der Waals surface area contributed by atoms with E-state index < -0.39 is 0 Å². The minimum Gasteiger partial charge on any atom is -0.487 e. The highest BCUT2D eigenvalue weighted by Crippen LogP contribution is 2.29. The molecule has 5 nitrogen and oxygen atoms in total. The van der Waals surface area contributed by atoms with Crippen LogP contribution >= 0.6 is 11.6 Å². The lowest BCUT2D eigenvalue weighted by Crippen LogP contribution is -2.14. The summed E-state index contributed by atoms with van der Waals surface area (Å²) in [6.45, 7) is 0.698. The number of nitrogens with two attached hydrogens (primary N) is 1. The van der Waals surface area contributed by atoms with Crippen molar-refractivity contribution in [3.63, 3.8) is 0 Å². The molecule has 0 aliphatic heterocycles. The van der Waals surface area contributed by atoms with Crippen molar-refractivity contribution in [2.45, 2.75) is 13.2 Å². The Morgan fingerprint density at radius 2 is 1.82 bits per heavy atom. The maximum Gasteiger partial charge on any atom is 0.255 e. The molecular weight excluding hydrogens is 376 g/mol. The number of carbonyl (C=O) groups excluding carboxylic acids is 1. The summed E-state index contributed by atoms with van der Waals surface area (Å²) < 4.78 is 11.0. The topological polar surface area (TPSA) is 73.6 Å². The maximum absolute atomic E-state index is 12.7. The number of nitrogen functional groups attached to an aromatic ring is 1. The molecule has 0 fully saturated rings. The molecule has 0 unspecified atom stereocenters. The number of ether oxygens (including phenoxy) is 2. The van der Waals surface area contributed by atoms with Crippen LogP contribution in [-0.2, 0) is 18.0 Å². The van der Waals surface area contributed by atoms with Gasteiger partial charge in [-0.15, -0.1) is 0 Å². The Morgan fingerprint density at radius 1 is 1.04 bits per heavy atom. The van der Waals surface area contributed by atoms with E-state index in [0.717, 1.165) is 11.1 Å². The predicted molar refractivity (Wildman–Crippen MR) is 112 cm³/mol. The SMILES string of the molecule is COCc1cc(C(=O)Nc2ccc(Cl)cc2OCc2ccccc2)ccc1N. The number of methoxy groups -OCH3 is 1. The molecule has 6 heteroatoms. The number of rotatable bonds is 7. The Balaban J connectivity index is 1.78. The van der Waals surface area contributed by atoms with E-state index in [1.807, 2.05) is 30.3 Å². The van der Waals surface area contributed by atoms with Crippen LogP contribution in [0.25, 0.3) is 0 Å². The molecule has 3 rings (SSSR count). The quantitative estimate of drug-likeness (QED) is 0.557. The van der Waals surface area contributed by atoms with E-state index in [1.54, 1.807) is 43.5 Å². The molecule has 0 bridgehead atoms. The predicted octanol–water partition coefficient (Wildman–Crippen LogP) is 4.90. The van der Waals surface area contributed by atoms with E-state index in [0.29, 0.717) is 40.9 Å². The van der Waals surface area contributed by atoms with Crippen LogP contribution in [0.3, 0.4) is 0 Å². The van der Waals surface area contributed by atoms with Gasteiger partial charge in [0.2, 0.25) is 0 Å². The average molecular weight is 397 g/mol. The molecule has 3 N–H and O–H groups in total. The largest absolute Gasteiger partial charge is 0.487 e. The van der Waals surface area contributed by atoms with Crippen LogP contribution in [0, 0.1) is 0 Å². The molecule has 0 radical (unpaired) electrons. The lowest BCUT2D eigenvalue weighted by Gasteiger charge is -2.14. The van der Waals surface area contributed by atoms with Crippen LogP contribution in [-0.4, -0.2) is 13.0 Å². The smallest absolute Gasteiger partial charge is 0.255 e. The Labute approximate surface area is 169 Å². The highest BCUT2D eigenvalue weighted by atomic mass is 35.5. The van der Waals surface area contributed by atoms with Crippen LogP contribution in [0.15, 0.2) is 66.7 Å². The molecule has 0 aliphatic rings. The summed E-state index contributed by atoms with van der Waals surface area (Å²) in [6.07, 6.45) is 0. The molecule has 28 heavy (non-hydrogen) atoms. The molecular formula is C22H21ClN2O3. The summed E-state index contributed by atoms with van der Waals surface area (Å²) in [4.78, 5) is 12.7. The molecule has 3 aromatic rings. The first-order chi connectivity index (χ1) is 13.6. The van der Waals surface area contributed by atoms with Gasteiger partial charge in [0.05, 0.1) is 12.3 Å². The third-order valence-corrected chi connectivity index (χ3v) is 4.37. The van der Waals surface area contributed by atoms with Gasteiger partial charge in [0.15, 0.2) is 0 Å². The van der Waals surface area contributed by atoms with E-state index in [1.165, 1.54) is 0 Å². The molecule has 0 saturated heterocycles. The first-order valence-corrected chi connectivity index (χ1v) is 9.09. The molecule has 144 valence electrons. The standard InChI is InChI=1S/C22H21ClN2O3/c1-27-14-17-11-16(7-9-19(17)24)22(26)25-20-10-8-18(23)12-21(20)28-13-15-5-3-2-4-6-15/h2-12H,13-14,24H2,1H3,(H,25,26). The Bertz CT molecular complexity index is 961. The Hall–Kier alpha value is -3.02. The zero-order chi connectivity index (χ0) is 19.9. The van der Waals surface area contributed by atoms with Gasteiger partial charge in [-0.1, -0.05) is 41.9 Å². The maximum atomic E-state index is 12.7. The van der Waals surface area contributed by atoms with Gasteiger partial charge in [-0.25, -0.2) is 0 Å². The van der Waals surface area contributed by atoms with E-state index >= 15 is 0 Å². The monoisotopic (exact) mass is 396 g/mol. The van der Waals surface area contributed by atoms with Crippen molar-refractivity contribution in [3.05, 3.63) is 88.4 Å². The van der Waals surface area contributed by atoms with Gasteiger partial charge in [0, 0.05) is 35.0 Å². The summed E-state index contributed by atoms with van der Waals surface area (Å²) in [6, 6.07) is 19.9. The van der Waals surface area contributed by atoms with Gasteiger partial charge in [0.25, 0.3) is 5.91 Å². The summed E-state index contributed by atoms with van der Waals surface area (Å²) in [7, 11) is 1.58. The minimum absolute atomic E-state index is 0.274. The average Bonchev–Trinajstić information content (AvgIpc) is 2.70. The van der Waals surface area contributed by atoms with Gasteiger partial charge in [0.1, 0.15) is 12.4 Å². The second-order valence-corrected chi connectivity index (χ2v) is 6.65. The molecule has 3 aromatic carbocycles. The molecule has 0 atom stereocenters. The third kappa shape index (κ3) is 5.03. The highest BCUT2D eigenvalue weighted by Gasteiger charge is 2.13. The van der Waals surface area contributed by atoms with Gasteiger partial charge < -0.3 is 20.5 Å². The summed E-state index contributed by atoms with van der Waals surface area (Å²) >= 11 is 6.10. The summed E-state index contributed by atoms with van der Waals surface area (Å²) in [5.74, 6) is 0.224. The summed E-state index contributed by atoms with van der Waals surface area (Å²) in [5.41, 5.74) is 9.28. The number of anilines is 2. The molecule has 0 aliphatic carbocycles. The van der Waals surface area contributed by atoms with Crippen LogP contribution in [0.4, 0.5) is 11.4 Å². The number of carbonyl (C=O) groups is 1. The zero-order valence-electron chi connectivity index (χ0n) is 15.4. The molecule has 1 amide bonds. The van der Waals surface area contributed by atoms with E-state index in [9.17, 15) is 4.79 Å². The zero-order valence-corrected chi connectivity index (χ0v) is 16.2. The molecule has 0 aromatic heterocycles. The number of halogens is 1. The number of hydrogen-bond acceptors (Lipinski definition) is 4. The lowest BCUT2D eigenvalue weighted by atomic mass is 10.1. The number of benzene rings is 3. The normalized spacial score (nSPS) is 10.5. The van der Waals surface area contributed by atoms with Crippen LogP contribution < -0.4 is 15.8 Å².